The lowest BCUT2D eigenvalue weighted by Crippen LogP contribution is -2.38. The molecular weight excluding hydrogens is 412 g/mol. The van der Waals surface area contributed by atoms with E-state index >= 15 is 0 Å². The van der Waals surface area contributed by atoms with E-state index in [1.807, 2.05) is 5.32 Å². The normalized spacial score (nSPS) is 12.1. The van der Waals surface area contributed by atoms with Crippen LogP contribution in [0.1, 0.15) is 11.3 Å². The Kier molecular flexibility index (Phi) is 6.59. The van der Waals surface area contributed by atoms with Crippen molar-refractivity contribution < 1.29 is 18.0 Å². The highest BCUT2D eigenvalue weighted by molar-refractivity contribution is 7.14. The Labute approximate surface area is 161 Å². The Morgan fingerprint density at radius 1 is 1.50 bits per heavy atom. The van der Waals surface area contributed by atoms with Gasteiger partial charge in [-0.15, -0.1) is 22.9 Å². The summed E-state index contributed by atoms with van der Waals surface area (Å²) >= 11 is 13.6. The van der Waals surface area contributed by atoms with Crippen LogP contribution in [0.5, 0.6) is 0 Å². The zero-order valence-corrected chi connectivity index (χ0v) is 15.9. The summed E-state index contributed by atoms with van der Waals surface area (Å²) in [6.45, 7) is 1.63. The fourth-order valence-corrected chi connectivity index (χ4v) is 4.09. The van der Waals surface area contributed by atoms with Gasteiger partial charge in [-0.05, 0) is 18.4 Å². The predicted octanol–water partition coefficient (Wildman–Crippen LogP) is 4.21. The number of carbonyl (C=O) groups is 1. The number of aliphatic imine (C=N–C) groups is 1. The third kappa shape index (κ3) is 4.16. The van der Waals surface area contributed by atoms with Gasteiger partial charge in [0.05, 0.1) is 39.2 Å². The zero-order valence-electron chi connectivity index (χ0n) is 13.5. The molecule has 0 atom stereocenters. The summed E-state index contributed by atoms with van der Waals surface area (Å²) in [6.07, 6.45) is -3.81. The Morgan fingerprint density at radius 3 is 2.69 bits per heavy atom. The molecule has 0 spiro atoms. The number of halogens is 5. The number of nitrogens with one attached hydrogen (secondary N) is 1. The third-order valence-corrected chi connectivity index (χ3v) is 5.22. The number of alkyl halides is 4. The molecule has 26 heavy (non-hydrogen) atoms. The van der Waals surface area contributed by atoms with E-state index < -0.39 is 12.1 Å². The van der Waals surface area contributed by atoms with Crippen molar-refractivity contribution in [1.29, 1.82) is 0 Å². The molecule has 0 fully saturated rings. The van der Waals surface area contributed by atoms with Crippen LogP contribution in [0.25, 0.3) is 10.6 Å². The molecule has 3 N–H and O–H groups in total. The van der Waals surface area contributed by atoms with Crippen molar-refractivity contribution in [2.45, 2.75) is 25.5 Å². The minimum atomic E-state index is -4.93. The molecule has 0 saturated carbocycles. The topological polar surface area (TPSA) is 72.4 Å². The third-order valence-electron chi connectivity index (χ3n) is 3.62. The molecule has 0 aliphatic rings. The standard InChI is InChI=1S/C15H15Cl2F3N4OS/c1-8-11(23-7-21)10(6-16)24(4-3-22-14(25)15(18,19)20)12(8)13-9(17)2-5-26-13/h2,5,7H,3-4,6H2,1H3,(H2,21,23)(H,22,25). The van der Waals surface area contributed by atoms with Crippen molar-refractivity contribution in [2.75, 3.05) is 6.54 Å². The van der Waals surface area contributed by atoms with E-state index in [0.717, 1.165) is 16.8 Å². The van der Waals surface area contributed by atoms with Crippen LogP contribution in [-0.4, -0.2) is 29.5 Å². The van der Waals surface area contributed by atoms with E-state index in [1.54, 1.807) is 22.9 Å². The molecule has 0 unspecified atom stereocenters. The van der Waals surface area contributed by atoms with Crippen LogP contribution in [0, 0.1) is 6.92 Å². The molecule has 1 amide bonds. The number of hydrogen-bond donors (Lipinski definition) is 2. The van der Waals surface area contributed by atoms with Gasteiger partial charge in [-0.3, -0.25) is 4.79 Å². The Bertz CT molecular complexity index is 830. The van der Waals surface area contributed by atoms with Crippen molar-refractivity contribution in [3.05, 3.63) is 27.7 Å². The number of nitrogens with zero attached hydrogens (tertiary/aromatic N) is 2. The maximum Gasteiger partial charge on any atom is 0.471 e. The van der Waals surface area contributed by atoms with E-state index in [4.69, 9.17) is 28.9 Å². The number of nitrogens with two attached hydrogens (primary N) is 1. The summed E-state index contributed by atoms with van der Waals surface area (Å²) < 4.78 is 38.8. The smallest absolute Gasteiger partial charge is 0.390 e. The number of rotatable bonds is 6. The highest BCUT2D eigenvalue weighted by atomic mass is 35.5. The van der Waals surface area contributed by atoms with Crippen LogP contribution < -0.4 is 11.1 Å². The minimum Gasteiger partial charge on any atom is -0.390 e. The molecule has 2 rings (SSSR count). The molecule has 2 aromatic rings. The van der Waals surface area contributed by atoms with Crippen molar-refractivity contribution in [2.24, 2.45) is 10.7 Å². The van der Waals surface area contributed by atoms with Crippen LogP contribution >= 0.6 is 34.5 Å². The van der Waals surface area contributed by atoms with Crippen LogP contribution in [0.15, 0.2) is 16.4 Å². The summed E-state index contributed by atoms with van der Waals surface area (Å²) in [5.41, 5.74) is 7.93. The van der Waals surface area contributed by atoms with Crippen molar-refractivity contribution >= 4 is 52.5 Å². The average Bonchev–Trinajstić information content (AvgIpc) is 3.08. The molecule has 2 heterocycles. The summed E-state index contributed by atoms with van der Waals surface area (Å²) in [4.78, 5) is 15.9. The highest BCUT2D eigenvalue weighted by Crippen LogP contribution is 2.42. The fourth-order valence-electron chi connectivity index (χ4n) is 2.56. The van der Waals surface area contributed by atoms with Gasteiger partial charge in [0.15, 0.2) is 0 Å². The first-order chi connectivity index (χ1) is 12.2. The van der Waals surface area contributed by atoms with Gasteiger partial charge in [-0.1, -0.05) is 11.6 Å². The molecule has 2 aromatic heterocycles. The minimum absolute atomic E-state index is 0.0593. The van der Waals surface area contributed by atoms with Crippen LogP contribution in [0.2, 0.25) is 5.02 Å². The molecule has 0 radical (unpaired) electrons. The SMILES string of the molecule is Cc1c(N=CN)c(CCl)n(CCNC(=O)C(F)(F)F)c1-c1sccc1Cl. The monoisotopic (exact) mass is 426 g/mol. The molecule has 142 valence electrons. The largest absolute Gasteiger partial charge is 0.471 e. The maximum atomic E-state index is 12.4. The predicted molar refractivity (Wildman–Crippen MR) is 98.5 cm³/mol. The van der Waals surface area contributed by atoms with E-state index in [0.29, 0.717) is 22.1 Å². The van der Waals surface area contributed by atoms with Gasteiger partial charge in [0.1, 0.15) is 0 Å². The number of amides is 1. The van der Waals surface area contributed by atoms with E-state index in [2.05, 4.69) is 4.99 Å². The lowest BCUT2D eigenvalue weighted by Gasteiger charge is -2.14. The first-order valence-electron chi connectivity index (χ1n) is 7.32. The zero-order chi connectivity index (χ0) is 19.5. The summed E-state index contributed by atoms with van der Waals surface area (Å²) in [6, 6.07) is 1.72. The van der Waals surface area contributed by atoms with Crippen molar-refractivity contribution in [3.63, 3.8) is 0 Å². The summed E-state index contributed by atoms with van der Waals surface area (Å²) in [7, 11) is 0. The van der Waals surface area contributed by atoms with Crippen molar-refractivity contribution in [3.8, 4) is 10.6 Å². The lowest BCUT2D eigenvalue weighted by atomic mass is 10.2. The number of aromatic nitrogens is 1. The molecule has 5 nitrogen and oxygen atoms in total. The Hall–Kier alpha value is -1.71. The first kappa shape index (κ1) is 20.6. The van der Waals surface area contributed by atoms with Crippen LogP contribution in [0.3, 0.4) is 0 Å². The second-order valence-electron chi connectivity index (χ2n) is 5.18. The lowest BCUT2D eigenvalue weighted by molar-refractivity contribution is -0.173. The molecule has 0 aliphatic heterocycles. The Morgan fingerprint density at radius 2 is 2.19 bits per heavy atom. The van der Waals surface area contributed by atoms with Gasteiger partial charge < -0.3 is 15.6 Å². The summed E-state index contributed by atoms with van der Waals surface area (Å²) in [5.74, 6) is -1.94. The second-order valence-corrected chi connectivity index (χ2v) is 6.77. The Balaban J connectivity index is 2.44. The van der Waals surface area contributed by atoms with Gasteiger partial charge in [-0.25, -0.2) is 4.99 Å². The quantitative estimate of drug-likeness (QED) is 0.412. The molecule has 0 saturated heterocycles. The second kappa shape index (κ2) is 8.32. The average molecular weight is 427 g/mol. The van der Waals surface area contributed by atoms with Crippen LogP contribution in [0.4, 0.5) is 18.9 Å². The maximum absolute atomic E-state index is 12.4. The molecular formula is C15H15Cl2F3N4OS. The molecule has 11 heteroatoms. The van der Waals surface area contributed by atoms with E-state index in [9.17, 15) is 18.0 Å². The van der Waals surface area contributed by atoms with Gasteiger partial charge in [0, 0.05) is 18.7 Å². The van der Waals surface area contributed by atoms with Gasteiger partial charge in [0.25, 0.3) is 0 Å². The van der Waals surface area contributed by atoms with Crippen molar-refractivity contribution in [1.82, 2.24) is 9.88 Å². The van der Waals surface area contributed by atoms with Gasteiger partial charge >= 0.3 is 12.1 Å². The molecule has 0 bridgehead atoms. The van der Waals surface area contributed by atoms with Gasteiger partial charge in [0.2, 0.25) is 0 Å². The molecule has 0 aliphatic carbocycles. The number of hydrogen-bond acceptors (Lipinski definition) is 3. The van der Waals surface area contributed by atoms with E-state index in [1.165, 1.54) is 11.3 Å². The highest BCUT2D eigenvalue weighted by Gasteiger charge is 2.38. The van der Waals surface area contributed by atoms with E-state index in [-0.39, 0.29) is 19.0 Å². The number of thiophene rings is 1. The van der Waals surface area contributed by atoms with Gasteiger partial charge in [-0.2, -0.15) is 13.2 Å². The summed E-state index contributed by atoms with van der Waals surface area (Å²) in [5, 5.41) is 4.15. The molecule has 0 aromatic carbocycles. The van der Waals surface area contributed by atoms with Crippen LogP contribution in [-0.2, 0) is 17.2 Å². The number of carbonyl (C=O) groups excluding carboxylic acids is 1. The first-order valence-corrected chi connectivity index (χ1v) is 9.12. The fraction of sp³-hybridized carbons (Fsp3) is 0.333.